The minimum atomic E-state index is -2.91. The highest BCUT2D eigenvalue weighted by atomic mass is 35.5. The van der Waals surface area contributed by atoms with Gasteiger partial charge in [-0.1, -0.05) is 0 Å². The molecule has 1 heterocycles. The zero-order valence-electron chi connectivity index (χ0n) is 7.75. The Morgan fingerprint density at radius 1 is 1.69 bits per heavy atom. The van der Waals surface area contributed by atoms with Gasteiger partial charge < -0.3 is 5.11 Å². The number of carboxylic acid groups (broad SMARTS) is 1. The number of carboxylic acids is 1. The first-order valence-electron chi connectivity index (χ1n) is 4.02. The Morgan fingerprint density at radius 3 is 2.69 bits per heavy atom. The monoisotopic (exact) mass is 246 g/mol. The number of pyridine rings is 1. The van der Waals surface area contributed by atoms with Gasteiger partial charge in [0.15, 0.2) is 5.69 Å². The van der Waals surface area contributed by atoms with Gasteiger partial charge in [-0.05, 0) is 11.6 Å². The minimum Gasteiger partial charge on any atom is -0.476 e. The second-order valence-electron chi connectivity index (χ2n) is 2.78. The van der Waals surface area contributed by atoms with Crippen LogP contribution < -0.4 is 0 Å². The summed E-state index contributed by atoms with van der Waals surface area (Å²) in [6, 6.07) is 2.52. The van der Waals surface area contributed by atoms with Crippen molar-refractivity contribution in [3.05, 3.63) is 28.6 Å². The number of aromatic carboxylic acids is 1. The van der Waals surface area contributed by atoms with Crippen molar-refractivity contribution in [1.82, 2.24) is 4.98 Å². The molecule has 0 aliphatic heterocycles. The van der Waals surface area contributed by atoms with Gasteiger partial charge in [-0.3, -0.25) is 0 Å². The molecule has 0 spiro atoms. The molecule has 0 saturated heterocycles. The smallest absolute Gasteiger partial charge is 0.355 e. The molecule has 0 radical (unpaired) electrons. The third-order valence-electron chi connectivity index (χ3n) is 1.80. The Morgan fingerprint density at radius 2 is 2.31 bits per heavy atom. The average Bonchev–Trinajstić information content (AvgIpc) is 2.26. The molecule has 7 heteroatoms. The molecule has 1 aromatic rings. The van der Waals surface area contributed by atoms with Crippen LogP contribution in [0.15, 0.2) is 6.07 Å². The third-order valence-corrected chi connectivity index (χ3v) is 2.09. The Labute approximate surface area is 94.1 Å². The molecule has 4 nitrogen and oxygen atoms in total. The Hall–Kier alpha value is -1.74. The maximum atomic E-state index is 12.4. The fourth-order valence-electron chi connectivity index (χ4n) is 1.12. The van der Waals surface area contributed by atoms with E-state index in [9.17, 15) is 13.6 Å². The van der Waals surface area contributed by atoms with Crippen molar-refractivity contribution >= 4 is 17.6 Å². The highest BCUT2D eigenvalue weighted by Gasteiger charge is 2.20. The van der Waals surface area contributed by atoms with Crippen molar-refractivity contribution in [2.75, 3.05) is 0 Å². The molecule has 1 aromatic heterocycles. The normalized spacial score (nSPS) is 10.2. The van der Waals surface area contributed by atoms with Gasteiger partial charge in [0.2, 0.25) is 0 Å². The maximum absolute atomic E-state index is 12.4. The van der Waals surface area contributed by atoms with Crippen molar-refractivity contribution in [1.29, 1.82) is 5.26 Å². The Balaban J connectivity index is 3.51. The molecule has 16 heavy (non-hydrogen) atoms. The summed E-state index contributed by atoms with van der Waals surface area (Å²) < 4.78 is 24.8. The van der Waals surface area contributed by atoms with E-state index in [1.807, 2.05) is 0 Å². The maximum Gasteiger partial charge on any atom is 0.355 e. The van der Waals surface area contributed by atoms with Gasteiger partial charge in [0.25, 0.3) is 6.43 Å². The molecule has 0 bridgehead atoms. The fraction of sp³-hybridized carbons (Fsp3) is 0.222. The molecule has 0 unspecified atom stereocenters. The van der Waals surface area contributed by atoms with Crippen LogP contribution in [-0.2, 0) is 5.88 Å². The van der Waals surface area contributed by atoms with E-state index in [4.69, 9.17) is 22.0 Å². The largest absolute Gasteiger partial charge is 0.476 e. The number of nitriles is 1. The summed E-state index contributed by atoms with van der Waals surface area (Å²) in [5.41, 5.74) is -1.65. The van der Waals surface area contributed by atoms with Crippen LogP contribution in [0.4, 0.5) is 8.78 Å². The first-order chi connectivity index (χ1) is 7.51. The van der Waals surface area contributed by atoms with Crippen molar-refractivity contribution in [3.8, 4) is 6.07 Å². The molecule has 0 saturated carbocycles. The number of halogens is 3. The number of rotatable bonds is 3. The third kappa shape index (κ3) is 2.25. The summed E-state index contributed by atoms with van der Waals surface area (Å²) in [4.78, 5) is 13.9. The molecule has 84 valence electrons. The molecule has 0 fully saturated rings. The van der Waals surface area contributed by atoms with E-state index in [-0.39, 0.29) is 17.0 Å². The first-order valence-corrected chi connectivity index (χ1v) is 4.56. The summed E-state index contributed by atoms with van der Waals surface area (Å²) in [5, 5.41) is 17.4. The van der Waals surface area contributed by atoms with E-state index in [2.05, 4.69) is 4.98 Å². The highest BCUT2D eigenvalue weighted by molar-refractivity contribution is 6.17. The SMILES string of the molecule is N#Cc1c(CCl)cc(C(F)F)nc1C(=O)O. The molecule has 1 rings (SSSR count). The number of aromatic nitrogens is 1. The predicted octanol–water partition coefficient (Wildman–Crippen LogP) is 2.33. The van der Waals surface area contributed by atoms with Crippen molar-refractivity contribution < 1.29 is 18.7 Å². The van der Waals surface area contributed by atoms with Crippen LogP contribution in [0.2, 0.25) is 0 Å². The van der Waals surface area contributed by atoms with Gasteiger partial charge in [0.1, 0.15) is 11.8 Å². The van der Waals surface area contributed by atoms with Gasteiger partial charge in [-0.15, -0.1) is 11.6 Å². The first kappa shape index (κ1) is 12.3. The van der Waals surface area contributed by atoms with E-state index >= 15 is 0 Å². The van der Waals surface area contributed by atoms with Crippen LogP contribution in [0.3, 0.4) is 0 Å². The van der Waals surface area contributed by atoms with E-state index < -0.39 is 23.8 Å². The van der Waals surface area contributed by atoms with E-state index in [1.54, 1.807) is 6.07 Å². The Bertz CT molecular complexity index is 471. The number of alkyl halides is 3. The van der Waals surface area contributed by atoms with Crippen LogP contribution in [0, 0.1) is 11.3 Å². The predicted molar refractivity (Wildman–Crippen MR) is 50.4 cm³/mol. The van der Waals surface area contributed by atoms with Crippen molar-refractivity contribution in [3.63, 3.8) is 0 Å². The summed E-state index contributed by atoms with van der Waals surface area (Å²) in [6.45, 7) is 0. The lowest BCUT2D eigenvalue weighted by atomic mass is 10.1. The fourth-order valence-corrected chi connectivity index (χ4v) is 1.33. The van der Waals surface area contributed by atoms with Crippen LogP contribution in [0.5, 0.6) is 0 Å². The summed E-state index contributed by atoms with van der Waals surface area (Å²) in [7, 11) is 0. The molecular weight excluding hydrogens is 242 g/mol. The van der Waals surface area contributed by atoms with E-state index in [0.717, 1.165) is 6.07 Å². The van der Waals surface area contributed by atoms with Gasteiger partial charge in [-0.25, -0.2) is 18.6 Å². The van der Waals surface area contributed by atoms with Crippen molar-refractivity contribution in [2.24, 2.45) is 0 Å². The molecular formula is C9H5ClF2N2O2. The molecule has 0 aliphatic carbocycles. The molecule has 0 amide bonds. The number of hydrogen-bond donors (Lipinski definition) is 1. The zero-order valence-corrected chi connectivity index (χ0v) is 8.50. The number of nitrogens with zero attached hydrogens (tertiary/aromatic N) is 2. The minimum absolute atomic E-state index is 0.0341. The summed E-state index contributed by atoms with van der Waals surface area (Å²) in [6.07, 6.45) is -2.91. The van der Waals surface area contributed by atoms with Crippen LogP contribution >= 0.6 is 11.6 Å². The topological polar surface area (TPSA) is 74.0 Å². The number of hydrogen-bond acceptors (Lipinski definition) is 3. The quantitative estimate of drug-likeness (QED) is 0.831. The second-order valence-corrected chi connectivity index (χ2v) is 3.05. The highest BCUT2D eigenvalue weighted by Crippen LogP contribution is 2.23. The number of carbonyl (C=O) groups is 1. The lowest BCUT2D eigenvalue weighted by molar-refractivity contribution is 0.0688. The molecule has 0 aromatic carbocycles. The zero-order chi connectivity index (χ0) is 12.3. The van der Waals surface area contributed by atoms with Gasteiger partial charge in [0.05, 0.1) is 5.56 Å². The standard InChI is InChI=1S/C9H5ClF2N2O2/c10-2-4-1-6(8(11)12)14-7(9(15)16)5(4)3-13/h1,8H,2H2,(H,15,16). The lowest BCUT2D eigenvalue weighted by Gasteiger charge is -2.06. The van der Waals surface area contributed by atoms with Crippen LogP contribution in [0.25, 0.3) is 0 Å². The van der Waals surface area contributed by atoms with Crippen LogP contribution in [-0.4, -0.2) is 16.1 Å². The van der Waals surface area contributed by atoms with Gasteiger partial charge in [-0.2, -0.15) is 5.26 Å². The second kappa shape index (κ2) is 4.86. The van der Waals surface area contributed by atoms with Gasteiger partial charge in [0, 0.05) is 5.88 Å². The summed E-state index contributed by atoms with van der Waals surface area (Å²) >= 11 is 5.45. The molecule has 0 atom stereocenters. The molecule has 1 N–H and O–H groups in total. The van der Waals surface area contributed by atoms with Crippen LogP contribution in [0.1, 0.15) is 33.7 Å². The van der Waals surface area contributed by atoms with E-state index in [0.29, 0.717) is 0 Å². The van der Waals surface area contributed by atoms with Crippen molar-refractivity contribution in [2.45, 2.75) is 12.3 Å². The summed E-state index contributed by atoms with van der Waals surface area (Å²) in [5.74, 6) is -1.77. The Kier molecular flexibility index (Phi) is 3.74. The van der Waals surface area contributed by atoms with E-state index in [1.165, 1.54) is 0 Å². The van der Waals surface area contributed by atoms with Gasteiger partial charge >= 0.3 is 5.97 Å². The molecule has 0 aliphatic rings. The lowest BCUT2D eigenvalue weighted by Crippen LogP contribution is -2.09. The average molecular weight is 247 g/mol.